The third kappa shape index (κ3) is 25.1. The minimum atomic E-state index is 0. The molecule has 6 heteroatoms. The summed E-state index contributed by atoms with van der Waals surface area (Å²) in [7, 11) is 0. The Hall–Kier alpha value is 3.74. The number of hydrogen-bond acceptors (Lipinski definition) is 0. The van der Waals surface area contributed by atoms with Gasteiger partial charge in [-0.15, -0.1) is 0 Å². The first-order valence-corrected chi connectivity index (χ1v) is 0. The molecule has 0 aromatic heterocycles. The molecule has 0 saturated carbocycles. The van der Waals surface area contributed by atoms with Gasteiger partial charge in [0.25, 0.3) is 0 Å². The SMILES string of the molecule is [Cr].[Fe].[Mn].[Sc].[Ti].[V]. The van der Waals surface area contributed by atoms with E-state index in [0.29, 0.717) is 0 Å². The number of rotatable bonds is 0. The van der Waals surface area contributed by atoms with Crippen LogP contribution >= 0.6 is 0 Å². The average molecular weight is 307 g/mol. The molecule has 0 spiro atoms. The summed E-state index contributed by atoms with van der Waals surface area (Å²) >= 11 is 0. The average Bonchev–Trinajstić information content (AvgIpc) is 0. The summed E-state index contributed by atoms with van der Waals surface area (Å²) in [5.41, 5.74) is 0. The Morgan fingerprint density at radius 2 is 1.00 bits per heavy atom. The molecular formula is CrFeMnScTiV. The summed E-state index contributed by atoms with van der Waals surface area (Å²) in [6.45, 7) is 0. The van der Waals surface area contributed by atoms with E-state index in [-0.39, 0.29) is 118 Å². The van der Waals surface area contributed by atoms with Crippen molar-refractivity contribution in [3.05, 3.63) is 0 Å². The van der Waals surface area contributed by atoms with Crippen LogP contribution in [0.25, 0.3) is 0 Å². The molecule has 0 nitrogen and oxygen atoms in total. The smallest absolute Gasteiger partial charge is 0 e. The van der Waals surface area contributed by atoms with Crippen LogP contribution in [-0.4, -0.2) is 0 Å². The maximum Gasteiger partial charge on any atom is 0 e. The first kappa shape index (κ1) is 53.2. The van der Waals surface area contributed by atoms with Gasteiger partial charge in [0, 0.05) is 118 Å². The minimum Gasteiger partial charge on any atom is 0 e. The summed E-state index contributed by atoms with van der Waals surface area (Å²) < 4.78 is 0. The number of hydrogen-bond donors (Lipinski definition) is 0. The predicted octanol–water partition coefficient (Wildman–Crippen LogP) is -0.0150. The van der Waals surface area contributed by atoms with Crippen LogP contribution in [0.2, 0.25) is 0 Å². The fourth-order valence-corrected chi connectivity index (χ4v) is 0. The van der Waals surface area contributed by atoms with Crippen LogP contribution in [0, 0.1) is 0 Å². The van der Waals surface area contributed by atoms with Crippen molar-refractivity contribution in [1.29, 1.82) is 0 Å². The molecule has 3 radical (unpaired) electrons. The molecule has 0 heterocycles. The van der Waals surface area contributed by atoms with Crippen molar-refractivity contribution < 1.29 is 118 Å². The molecule has 33 valence electrons. The second-order valence-electron chi connectivity index (χ2n) is 0. The van der Waals surface area contributed by atoms with Gasteiger partial charge in [0.15, 0.2) is 0 Å². The Morgan fingerprint density at radius 1 is 1.00 bits per heavy atom. The fourth-order valence-electron chi connectivity index (χ4n) is 0. The first-order valence-electron chi connectivity index (χ1n) is 0. The monoisotopic (exact) mass is 307 g/mol. The van der Waals surface area contributed by atoms with Crippen LogP contribution in [-0.2, 0) is 118 Å². The van der Waals surface area contributed by atoms with E-state index in [4.69, 9.17) is 0 Å². The van der Waals surface area contributed by atoms with Crippen LogP contribution in [0.1, 0.15) is 0 Å². The van der Waals surface area contributed by atoms with Crippen molar-refractivity contribution in [2.75, 3.05) is 0 Å². The van der Waals surface area contributed by atoms with Crippen LogP contribution in [0.15, 0.2) is 0 Å². The van der Waals surface area contributed by atoms with Crippen molar-refractivity contribution >= 4 is 0 Å². The van der Waals surface area contributed by atoms with E-state index in [1.54, 1.807) is 0 Å². The Labute approximate surface area is 115 Å². The summed E-state index contributed by atoms with van der Waals surface area (Å²) in [6.07, 6.45) is 0. The Kier molecular flexibility index (Phi) is 332. The van der Waals surface area contributed by atoms with E-state index in [1.807, 2.05) is 0 Å². The predicted molar refractivity (Wildman–Crippen MR) is 0 cm³/mol. The topological polar surface area (TPSA) is 0 Å². The van der Waals surface area contributed by atoms with Crippen LogP contribution < -0.4 is 0 Å². The molecule has 0 rings (SSSR count). The molecule has 0 unspecified atom stereocenters. The first-order chi connectivity index (χ1) is 0. The summed E-state index contributed by atoms with van der Waals surface area (Å²) in [6, 6.07) is 0. The van der Waals surface area contributed by atoms with E-state index in [9.17, 15) is 0 Å². The van der Waals surface area contributed by atoms with Crippen LogP contribution in [0.3, 0.4) is 0 Å². The molecule has 0 aromatic rings. The van der Waals surface area contributed by atoms with Gasteiger partial charge in [-0.3, -0.25) is 0 Å². The third-order valence-corrected chi connectivity index (χ3v) is 0. The molecule has 0 aliphatic heterocycles. The molecule has 0 N–H and O–H groups in total. The van der Waals surface area contributed by atoms with Gasteiger partial charge in [-0.1, -0.05) is 0 Å². The van der Waals surface area contributed by atoms with Gasteiger partial charge in [-0.05, 0) is 0 Å². The van der Waals surface area contributed by atoms with Crippen molar-refractivity contribution in [1.82, 2.24) is 0 Å². The molecule has 0 saturated heterocycles. The molecule has 0 aliphatic carbocycles. The second-order valence-corrected chi connectivity index (χ2v) is 0. The summed E-state index contributed by atoms with van der Waals surface area (Å²) in [4.78, 5) is 0. The zero-order valence-electron chi connectivity index (χ0n) is 2.66. The van der Waals surface area contributed by atoms with Gasteiger partial charge in [0.2, 0.25) is 0 Å². The zero-order valence-corrected chi connectivity index (χ0v) is 11.0. The Bertz CT molecular complexity index is 15.5. The maximum atomic E-state index is 0. The van der Waals surface area contributed by atoms with E-state index >= 15 is 0 Å². The van der Waals surface area contributed by atoms with E-state index in [2.05, 4.69) is 0 Å². The molecule has 0 fully saturated rings. The second kappa shape index (κ2) is 37.4. The van der Waals surface area contributed by atoms with E-state index in [0.717, 1.165) is 0 Å². The van der Waals surface area contributed by atoms with Crippen molar-refractivity contribution in [3.8, 4) is 0 Å². The van der Waals surface area contributed by atoms with Gasteiger partial charge < -0.3 is 0 Å². The fraction of sp³-hybridized carbons (Fsp3) is 0. The minimum absolute atomic E-state index is 0. The van der Waals surface area contributed by atoms with E-state index in [1.165, 1.54) is 0 Å². The maximum absolute atomic E-state index is 0. The molecule has 0 bridgehead atoms. The van der Waals surface area contributed by atoms with Crippen LogP contribution in [0.4, 0.5) is 0 Å². The third-order valence-electron chi connectivity index (χ3n) is 0. The van der Waals surface area contributed by atoms with Gasteiger partial charge in [0.05, 0.1) is 0 Å². The molecule has 0 aromatic carbocycles. The molecule has 0 atom stereocenters. The summed E-state index contributed by atoms with van der Waals surface area (Å²) in [5, 5.41) is 0. The quantitative estimate of drug-likeness (QED) is 0.552. The van der Waals surface area contributed by atoms with Crippen molar-refractivity contribution in [3.63, 3.8) is 0 Å². The molecule has 0 aliphatic rings. The molecule has 0 amide bonds. The van der Waals surface area contributed by atoms with Gasteiger partial charge in [0.1, 0.15) is 0 Å². The van der Waals surface area contributed by atoms with E-state index < -0.39 is 0 Å². The van der Waals surface area contributed by atoms with Crippen molar-refractivity contribution in [2.24, 2.45) is 0 Å². The van der Waals surface area contributed by atoms with Crippen molar-refractivity contribution in [2.45, 2.75) is 0 Å². The van der Waals surface area contributed by atoms with Gasteiger partial charge in [-0.2, -0.15) is 0 Å². The molecular weight excluding hydrogens is 307 g/mol. The Morgan fingerprint density at radius 3 is 1.00 bits per heavy atom. The zero-order chi connectivity index (χ0) is 0. The Balaban J connectivity index is 0. The van der Waals surface area contributed by atoms with Crippen LogP contribution in [0.5, 0.6) is 0 Å². The summed E-state index contributed by atoms with van der Waals surface area (Å²) in [5.74, 6) is 0. The standard InChI is InChI=1S/Cr.Fe.Mn.Sc.Ti.V. The van der Waals surface area contributed by atoms with Gasteiger partial charge in [-0.25, -0.2) is 0 Å². The normalized spacial score (nSPS) is 0. The molecule has 6 heavy (non-hydrogen) atoms. The van der Waals surface area contributed by atoms with Gasteiger partial charge >= 0.3 is 0 Å². The largest absolute Gasteiger partial charge is 0 e.